The number of rotatable bonds is 2. The quantitative estimate of drug-likeness (QED) is 0.719. The highest BCUT2D eigenvalue weighted by molar-refractivity contribution is 7.13. The number of anilines is 1. The fourth-order valence-electron chi connectivity index (χ4n) is 1.91. The van der Waals surface area contributed by atoms with Gasteiger partial charge in [0.05, 0.1) is 11.4 Å². The zero-order chi connectivity index (χ0) is 13.2. The summed E-state index contributed by atoms with van der Waals surface area (Å²) in [5.74, 6) is 0. The molecule has 1 aromatic carbocycles. The van der Waals surface area contributed by atoms with E-state index in [1.165, 1.54) is 0 Å². The van der Waals surface area contributed by atoms with Crippen molar-refractivity contribution in [1.29, 1.82) is 0 Å². The van der Waals surface area contributed by atoms with Crippen LogP contribution in [0.3, 0.4) is 0 Å². The van der Waals surface area contributed by atoms with Crippen LogP contribution >= 0.6 is 11.3 Å². The molecule has 3 aromatic rings. The largest absolute Gasteiger partial charge is 0.398 e. The molecule has 94 valence electrons. The van der Waals surface area contributed by atoms with Gasteiger partial charge in [-0.2, -0.15) is 0 Å². The van der Waals surface area contributed by atoms with E-state index in [2.05, 4.69) is 9.97 Å². The van der Waals surface area contributed by atoms with E-state index in [0.717, 1.165) is 33.3 Å². The van der Waals surface area contributed by atoms with E-state index >= 15 is 0 Å². The van der Waals surface area contributed by atoms with Gasteiger partial charge in [-0.1, -0.05) is 24.3 Å². The standard InChI is InChI=1S/C15H13N3S/c1-10-5-4-8-13(17-10)15-18-14(9-19-15)11-6-2-3-7-12(11)16/h2-9H,16H2,1H3. The predicted octanol–water partition coefficient (Wildman–Crippen LogP) is 3.76. The summed E-state index contributed by atoms with van der Waals surface area (Å²) in [7, 11) is 0. The maximum Gasteiger partial charge on any atom is 0.142 e. The van der Waals surface area contributed by atoms with Gasteiger partial charge >= 0.3 is 0 Å². The van der Waals surface area contributed by atoms with Crippen molar-refractivity contribution < 1.29 is 0 Å². The molecule has 2 aromatic heterocycles. The normalized spacial score (nSPS) is 10.6. The Morgan fingerprint density at radius 2 is 1.79 bits per heavy atom. The third-order valence-electron chi connectivity index (χ3n) is 2.85. The monoisotopic (exact) mass is 267 g/mol. The minimum atomic E-state index is 0.747. The Balaban J connectivity index is 2.03. The summed E-state index contributed by atoms with van der Waals surface area (Å²) >= 11 is 1.59. The van der Waals surface area contributed by atoms with E-state index in [4.69, 9.17) is 5.73 Å². The van der Waals surface area contributed by atoms with Crippen LogP contribution in [0.15, 0.2) is 47.8 Å². The summed E-state index contributed by atoms with van der Waals surface area (Å²) in [6, 6.07) is 13.7. The zero-order valence-electron chi connectivity index (χ0n) is 10.5. The van der Waals surface area contributed by atoms with Crippen LogP contribution < -0.4 is 5.73 Å². The first-order valence-electron chi connectivity index (χ1n) is 5.98. The van der Waals surface area contributed by atoms with Crippen LogP contribution in [0, 0.1) is 6.92 Å². The SMILES string of the molecule is Cc1cccc(-c2nc(-c3ccccc3N)cs2)n1. The number of nitrogen functional groups attached to an aromatic ring is 1. The number of thiazole rings is 1. The lowest BCUT2D eigenvalue weighted by Gasteiger charge is -2.01. The Labute approximate surface area is 115 Å². The smallest absolute Gasteiger partial charge is 0.142 e. The van der Waals surface area contributed by atoms with Gasteiger partial charge in [-0.15, -0.1) is 11.3 Å². The van der Waals surface area contributed by atoms with Crippen molar-refractivity contribution in [2.24, 2.45) is 0 Å². The van der Waals surface area contributed by atoms with E-state index in [9.17, 15) is 0 Å². The fourth-order valence-corrected chi connectivity index (χ4v) is 2.70. The Morgan fingerprint density at radius 1 is 0.947 bits per heavy atom. The Hall–Kier alpha value is -2.20. The molecule has 3 rings (SSSR count). The van der Waals surface area contributed by atoms with Crippen molar-refractivity contribution in [3.63, 3.8) is 0 Å². The van der Waals surface area contributed by atoms with Crippen molar-refractivity contribution in [2.75, 3.05) is 5.73 Å². The number of para-hydroxylation sites is 1. The van der Waals surface area contributed by atoms with Gasteiger partial charge in [0.25, 0.3) is 0 Å². The van der Waals surface area contributed by atoms with E-state index in [1.54, 1.807) is 11.3 Å². The number of pyridine rings is 1. The molecule has 4 heteroatoms. The summed E-state index contributed by atoms with van der Waals surface area (Å²) in [5.41, 5.74) is 10.5. The van der Waals surface area contributed by atoms with Crippen LogP contribution in [0.2, 0.25) is 0 Å². The summed E-state index contributed by atoms with van der Waals surface area (Å²) in [6.45, 7) is 1.98. The maximum absolute atomic E-state index is 5.97. The van der Waals surface area contributed by atoms with Gasteiger partial charge in [0.15, 0.2) is 0 Å². The highest BCUT2D eigenvalue weighted by Gasteiger charge is 2.09. The fraction of sp³-hybridized carbons (Fsp3) is 0.0667. The average Bonchev–Trinajstić information content (AvgIpc) is 2.89. The molecular formula is C15H13N3S. The van der Waals surface area contributed by atoms with Gasteiger partial charge in [-0.3, -0.25) is 4.98 Å². The van der Waals surface area contributed by atoms with Gasteiger partial charge < -0.3 is 5.73 Å². The van der Waals surface area contributed by atoms with Gasteiger partial charge in [0.2, 0.25) is 0 Å². The number of aromatic nitrogens is 2. The summed E-state index contributed by atoms with van der Waals surface area (Å²) in [5, 5.41) is 2.94. The van der Waals surface area contributed by atoms with Crippen LogP contribution in [0.5, 0.6) is 0 Å². The molecule has 0 aliphatic rings. The van der Waals surface area contributed by atoms with E-state index < -0.39 is 0 Å². The highest BCUT2D eigenvalue weighted by Crippen LogP contribution is 2.30. The number of aryl methyl sites for hydroxylation is 1. The number of nitrogens with zero attached hydrogens (tertiary/aromatic N) is 2. The number of benzene rings is 1. The number of hydrogen-bond donors (Lipinski definition) is 1. The third-order valence-corrected chi connectivity index (χ3v) is 3.71. The van der Waals surface area contributed by atoms with Gasteiger partial charge in [0, 0.05) is 22.3 Å². The number of nitrogens with two attached hydrogens (primary N) is 1. The lowest BCUT2D eigenvalue weighted by Crippen LogP contribution is -1.90. The van der Waals surface area contributed by atoms with Crippen LogP contribution in [0.25, 0.3) is 22.0 Å². The highest BCUT2D eigenvalue weighted by atomic mass is 32.1. The van der Waals surface area contributed by atoms with E-state index in [-0.39, 0.29) is 0 Å². The van der Waals surface area contributed by atoms with Crippen molar-refractivity contribution >= 4 is 17.0 Å². The zero-order valence-corrected chi connectivity index (χ0v) is 11.3. The summed E-state index contributed by atoms with van der Waals surface area (Å²) < 4.78 is 0. The molecule has 2 heterocycles. The topological polar surface area (TPSA) is 51.8 Å². The van der Waals surface area contributed by atoms with E-state index in [1.807, 2.05) is 54.8 Å². The number of hydrogen-bond acceptors (Lipinski definition) is 4. The molecule has 0 saturated carbocycles. The molecule has 0 radical (unpaired) electrons. The first-order chi connectivity index (χ1) is 9.24. The Kier molecular flexibility index (Phi) is 3.01. The molecule has 3 nitrogen and oxygen atoms in total. The molecule has 0 spiro atoms. The molecule has 0 aliphatic heterocycles. The molecule has 0 saturated heterocycles. The molecule has 0 fully saturated rings. The first-order valence-corrected chi connectivity index (χ1v) is 6.86. The average molecular weight is 267 g/mol. The van der Waals surface area contributed by atoms with Crippen LogP contribution in [-0.4, -0.2) is 9.97 Å². The van der Waals surface area contributed by atoms with Crippen molar-refractivity contribution in [1.82, 2.24) is 9.97 Å². The second-order valence-electron chi connectivity index (χ2n) is 4.29. The minimum absolute atomic E-state index is 0.747. The molecule has 19 heavy (non-hydrogen) atoms. The molecule has 2 N–H and O–H groups in total. The second kappa shape index (κ2) is 4.82. The summed E-state index contributed by atoms with van der Waals surface area (Å²) in [6.07, 6.45) is 0. The van der Waals surface area contributed by atoms with Crippen LogP contribution in [0.4, 0.5) is 5.69 Å². The lowest BCUT2D eigenvalue weighted by molar-refractivity contribution is 1.19. The molecule has 0 bridgehead atoms. The van der Waals surface area contributed by atoms with Crippen LogP contribution in [0.1, 0.15) is 5.69 Å². The molecule has 0 amide bonds. The molecule has 0 unspecified atom stereocenters. The lowest BCUT2D eigenvalue weighted by atomic mass is 10.1. The molecule has 0 aliphatic carbocycles. The molecule has 0 atom stereocenters. The second-order valence-corrected chi connectivity index (χ2v) is 5.15. The summed E-state index contributed by atoms with van der Waals surface area (Å²) in [4.78, 5) is 9.12. The van der Waals surface area contributed by atoms with E-state index in [0.29, 0.717) is 0 Å². The van der Waals surface area contributed by atoms with Gasteiger partial charge in [0.1, 0.15) is 5.01 Å². The Bertz CT molecular complexity index is 719. The first kappa shape index (κ1) is 11.9. The predicted molar refractivity (Wildman–Crippen MR) is 79.9 cm³/mol. The minimum Gasteiger partial charge on any atom is -0.398 e. The Morgan fingerprint density at radius 3 is 2.58 bits per heavy atom. The van der Waals surface area contributed by atoms with Crippen molar-refractivity contribution in [3.05, 3.63) is 53.5 Å². The van der Waals surface area contributed by atoms with Crippen LogP contribution in [-0.2, 0) is 0 Å². The van der Waals surface area contributed by atoms with Crippen molar-refractivity contribution in [3.8, 4) is 22.0 Å². The molecular weight excluding hydrogens is 254 g/mol. The van der Waals surface area contributed by atoms with Crippen molar-refractivity contribution in [2.45, 2.75) is 6.92 Å². The van der Waals surface area contributed by atoms with Gasteiger partial charge in [-0.05, 0) is 25.1 Å². The third kappa shape index (κ3) is 2.35. The van der Waals surface area contributed by atoms with Gasteiger partial charge in [-0.25, -0.2) is 4.98 Å². The maximum atomic E-state index is 5.97.